The minimum absolute atomic E-state index is 0.0226. The van der Waals surface area contributed by atoms with Gasteiger partial charge in [-0.2, -0.15) is 4.98 Å². The van der Waals surface area contributed by atoms with E-state index in [1.807, 2.05) is 31.2 Å². The van der Waals surface area contributed by atoms with Crippen LogP contribution in [0.1, 0.15) is 12.0 Å². The zero-order valence-corrected chi connectivity index (χ0v) is 14.3. The van der Waals surface area contributed by atoms with E-state index < -0.39 is 0 Å². The molecule has 1 saturated heterocycles. The number of carbonyl (C=O) groups is 1. The Hall–Kier alpha value is -2.83. The Bertz CT molecular complexity index is 721. The molecular formula is C18H21N3O4. The highest BCUT2D eigenvalue weighted by Gasteiger charge is 2.28. The van der Waals surface area contributed by atoms with Gasteiger partial charge in [0.15, 0.2) is 6.61 Å². The largest absolute Gasteiger partial charge is 0.484 e. The molecule has 1 aromatic heterocycles. The lowest BCUT2D eigenvalue weighted by atomic mass is 10.2. The Kier molecular flexibility index (Phi) is 5.33. The van der Waals surface area contributed by atoms with Gasteiger partial charge in [-0.25, -0.2) is 0 Å². The maximum absolute atomic E-state index is 12.3. The van der Waals surface area contributed by atoms with Gasteiger partial charge in [-0.3, -0.25) is 9.78 Å². The first-order chi connectivity index (χ1) is 12.1. The first-order valence-electron chi connectivity index (χ1n) is 8.14. The summed E-state index contributed by atoms with van der Waals surface area (Å²) in [6, 6.07) is 7.63. The van der Waals surface area contributed by atoms with Gasteiger partial charge in [0.2, 0.25) is 11.8 Å². The van der Waals surface area contributed by atoms with Crippen molar-refractivity contribution in [2.24, 2.45) is 0 Å². The van der Waals surface area contributed by atoms with Crippen molar-refractivity contribution in [1.29, 1.82) is 0 Å². The molecule has 7 heteroatoms. The molecule has 1 amide bonds. The minimum Gasteiger partial charge on any atom is -0.484 e. The molecule has 0 N–H and O–H groups in total. The van der Waals surface area contributed by atoms with Crippen LogP contribution >= 0.6 is 0 Å². The van der Waals surface area contributed by atoms with Gasteiger partial charge in [-0.1, -0.05) is 17.7 Å². The van der Waals surface area contributed by atoms with E-state index >= 15 is 0 Å². The minimum atomic E-state index is -0.107. The molecular weight excluding hydrogens is 322 g/mol. The SMILES string of the molecule is COc1cncc(OC2CCN(C(=O)COc3ccc(C)cc3)C2)n1. The van der Waals surface area contributed by atoms with Crippen LogP contribution in [0.15, 0.2) is 36.7 Å². The molecule has 1 atom stereocenters. The van der Waals surface area contributed by atoms with Crippen molar-refractivity contribution < 1.29 is 19.0 Å². The highest BCUT2D eigenvalue weighted by Crippen LogP contribution is 2.18. The Morgan fingerprint density at radius 1 is 1.24 bits per heavy atom. The van der Waals surface area contributed by atoms with Crippen LogP contribution in [-0.2, 0) is 4.79 Å². The molecule has 0 radical (unpaired) electrons. The standard InChI is InChI=1S/C18H21N3O4/c1-13-3-5-14(6-4-13)24-12-18(22)21-8-7-15(11-21)25-17-10-19-9-16(20-17)23-2/h3-6,9-10,15H,7-8,11-12H2,1-2H3. The van der Waals surface area contributed by atoms with E-state index in [0.29, 0.717) is 30.6 Å². The lowest BCUT2D eigenvalue weighted by Crippen LogP contribution is -2.34. The van der Waals surface area contributed by atoms with Crippen LogP contribution in [0.4, 0.5) is 0 Å². The molecule has 1 fully saturated rings. The summed E-state index contributed by atoms with van der Waals surface area (Å²) in [6.45, 7) is 3.17. The number of benzene rings is 1. The molecule has 25 heavy (non-hydrogen) atoms. The van der Waals surface area contributed by atoms with E-state index in [2.05, 4.69) is 9.97 Å². The van der Waals surface area contributed by atoms with Gasteiger partial charge >= 0.3 is 0 Å². The fraction of sp³-hybridized carbons (Fsp3) is 0.389. The molecule has 0 bridgehead atoms. The summed E-state index contributed by atoms with van der Waals surface area (Å²) in [4.78, 5) is 22.2. The predicted molar refractivity (Wildman–Crippen MR) is 90.9 cm³/mol. The van der Waals surface area contributed by atoms with Crippen LogP contribution in [0.5, 0.6) is 17.5 Å². The Morgan fingerprint density at radius 3 is 2.76 bits per heavy atom. The number of amides is 1. The Balaban J connectivity index is 1.48. The quantitative estimate of drug-likeness (QED) is 0.797. The molecule has 2 aromatic rings. The van der Waals surface area contributed by atoms with Gasteiger partial charge in [-0.05, 0) is 19.1 Å². The molecule has 1 aromatic carbocycles. The maximum Gasteiger partial charge on any atom is 0.260 e. The second kappa shape index (κ2) is 7.83. The monoisotopic (exact) mass is 343 g/mol. The van der Waals surface area contributed by atoms with Crippen LogP contribution in [0, 0.1) is 6.92 Å². The van der Waals surface area contributed by atoms with Crippen LogP contribution < -0.4 is 14.2 Å². The van der Waals surface area contributed by atoms with E-state index in [4.69, 9.17) is 14.2 Å². The summed E-state index contributed by atoms with van der Waals surface area (Å²) >= 11 is 0. The number of aromatic nitrogens is 2. The lowest BCUT2D eigenvalue weighted by molar-refractivity contribution is -0.132. The van der Waals surface area contributed by atoms with Crippen molar-refractivity contribution >= 4 is 5.91 Å². The van der Waals surface area contributed by atoms with Crippen molar-refractivity contribution in [2.45, 2.75) is 19.4 Å². The second-order valence-corrected chi connectivity index (χ2v) is 5.87. The van der Waals surface area contributed by atoms with E-state index in [0.717, 1.165) is 12.0 Å². The average Bonchev–Trinajstić information content (AvgIpc) is 3.09. The normalized spacial score (nSPS) is 16.6. The second-order valence-electron chi connectivity index (χ2n) is 5.87. The van der Waals surface area contributed by atoms with E-state index in [-0.39, 0.29) is 18.6 Å². The summed E-state index contributed by atoms with van der Waals surface area (Å²) in [6.07, 6.45) is 3.69. The molecule has 1 aliphatic rings. The van der Waals surface area contributed by atoms with Gasteiger partial charge in [0.1, 0.15) is 11.9 Å². The highest BCUT2D eigenvalue weighted by atomic mass is 16.5. The van der Waals surface area contributed by atoms with Crippen LogP contribution in [0.3, 0.4) is 0 Å². The fourth-order valence-electron chi connectivity index (χ4n) is 2.58. The maximum atomic E-state index is 12.3. The zero-order chi connectivity index (χ0) is 17.6. The van der Waals surface area contributed by atoms with Gasteiger partial charge in [-0.15, -0.1) is 0 Å². The topological polar surface area (TPSA) is 73.8 Å². The van der Waals surface area contributed by atoms with Crippen LogP contribution in [0.25, 0.3) is 0 Å². The van der Waals surface area contributed by atoms with Crippen molar-refractivity contribution in [2.75, 3.05) is 26.8 Å². The predicted octanol–water partition coefficient (Wildman–Crippen LogP) is 1.85. The summed E-state index contributed by atoms with van der Waals surface area (Å²) in [5.41, 5.74) is 1.15. The molecule has 0 saturated carbocycles. The number of methoxy groups -OCH3 is 1. The number of carbonyl (C=O) groups excluding carboxylic acids is 1. The highest BCUT2D eigenvalue weighted by molar-refractivity contribution is 5.78. The van der Waals surface area contributed by atoms with Crippen molar-refractivity contribution in [3.63, 3.8) is 0 Å². The zero-order valence-electron chi connectivity index (χ0n) is 14.3. The molecule has 7 nitrogen and oxygen atoms in total. The lowest BCUT2D eigenvalue weighted by Gasteiger charge is -2.17. The summed E-state index contributed by atoms with van der Waals surface area (Å²) in [5.74, 6) is 1.44. The van der Waals surface area contributed by atoms with Gasteiger partial charge in [0, 0.05) is 13.0 Å². The number of rotatable bonds is 6. The van der Waals surface area contributed by atoms with Crippen molar-refractivity contribution in [1.82, 2.24) is 14.9 Å². The van der Waals surface area contributed by atoms with Gasteiger partial charge in [0.05, 0.1) is 26.0 Å². The summed E-state index contributed by atoms with van der Waals surface area (Å²) < 4.78 is 16.4. The number of likely N-dealkylation sites (tertiary alicyclic amines) is 1. The molecule has 0 spiro atoms. The molecule has 2 heterocycles. The third-order valence-electron chi connectivity index (χ3n) is 3.97. The van der Waals surface area contributed by atoms with Gasteiger partial charge < -0.3 is 19.1 Å². The molecule has 1 unspecified atom stereocenters. The molecule has 3 rings (SSSR count). The van der Waals surface area contributed by atoms with Crippen molar-refractivity contribution in [3.8, 4) is 17.5 Å². The van der Waals surface area contributed by atoms with Crippen molar-refractivity contribution in [3.05, 3.63) is 42.2 Å². The van der Waals surface area contributed by atoms with E-state index in [1.165, 1.54) is 19.5 Å². The summed E-state index contributed by atoms with van der Waals surface area (Å²) in [5, 5.41) is 0. The van der Waals surface area contributed by atoms with Crippen LogP contribution in [0.2, 0.25) is 0 Å². The molecule has 0 aliphatic carbocycles. The Labute approximate surface area is 146 Å². The number of hydrogen-bond acceptors (Lipinski definition) is 6. The van der Waals surface area contributed by atoms with E-state index in [9.17, 15) is 4.79 Å². The number of ether oxygens (including phenoxy) is 3. The van der Waals surface area contributed by atoms with Gasteiger partial charge in [0.25, 0.3) is 5.91 Å². The number of aryl methyl sites for hydroxylation is 1. The Morgan fingerprint density at radius 2 is 2.00 bits per heavy atom. The third-order valence-corrected chi connectivity index (χ3v) is 3.97. The number of hydrogen-bond donors (Lipinski definition) is 0. The average molecular weight is 343 g/mol. The first kappa shape index (κ1) is 17.0. The summed E-state index contributed by atoms with van der Waals surface area (Å²) in [7, 11) is 1.53. The fourth-order valence-corrected chi connectivity index (χ4v) is 2.58. The third kappa shape index (κ3) is 4.59. The molecule has 132 valence electrons. The molecule has 1 aliphatic heterocycles. The smallest absolute Gasteiger partial charge is 0.260 e. The first-order valence-corrected chi connectivity index (χ1v) is 8.14. The number of nitrogens with zero attached hydrogens (tertiary/aromatic N) is 3. The van der Waals surface area contributed by atoms with E-state index in [1.54, 1.807) is 4.90 Å². The van der Waals surface area contributed by atoms with Crippen LogP contribution in [-0.4, -0.2) is 53.7 Å².